The molecule has 18 heavy (non-hydrogen) atoms. The highest BCUT2D eigenvalue weighted by atomic mass is 16.5. The molecule has 0 aliphatic rings. The van der Waals surface area contributed by atoms with E-state index in [9.17, 15) is 0 Å². The molecule has 0 heterocycles. The maximum atomic E-state index is 5.71. The quantitative estimate of drug-likeness (QED) is 0.772. The number of ether oxygens (including phenoxy) is 2. The summed E-state index contributed by atoms with van der Waals surface area (Å²) >= 11 is 0. The first-order valence-electron chi connectivity index (χ1n) is 6.65. The summed E-state index contributed by atoms with van der Waals surface area (Å²) in [6.07, 6.45) is 0.132. The SMILES string of the molecule is CCOCC(C)OCc1ccc(C(C)CN)cc1. The molecule has 1 aromatic carbocycles. The summed E-state index contributed by atoms with van der Waals surface area (Å²) in [7, 11) is 0. The first kappa shape index (κ1) is 15.2. The third kappa shape index (κ3) is 5.17. The van der Waals surface area contributed by atoms with E-state index in [1.54, 1.807) is 0 Å². The fraction of sp³-hybridized carbons (Fsp3) is 0.600. The summed E-state index contributed by atoms with van der Waals surface area (Å²) in [5, 5.41) is 0. The number of hydrogen-bond donors (Lipinski definition) is 1. The minimum absolute atomic E-state index is 0.132. The Hall–Kier alpha value is -0.900. The summed E-state index contributed by atoms with van der Waals surface area (Å²) in [6, 6.07) is 8.47. The lowest BCUT2D eigenvalue weighted by molar-refractivity contribution is -0.0116. The van der Waals surface area contributed by atoms with Crippen molar-refractivity contribution < 1.29 is 9.47 Å². The molecule has 0 aliphatic heterocycles. The molecule has 0 saturated carbocycles. The van der Waals surface area contributed by atoms with Crippen molar-refractivity contribution in [1.29, 1.82) is 0 Å². The number of nitrogens with two attached hydrogens (primary N) is 1. The van der Waals surface area contributed by atoms with E-state index < -0.39 is 0 Å². The molecule has 0 amide bonds. The molecule has 2 atom stereocenters. The summed E-state index contributed by atoms with van der Waals surface area (Å²) in [5.74, 6) is 0.414. The topological polar surface area (TPSA) is 44.5 Å². The van der Waals surface area contributed by atoms with Crippen molar-refractivity contribution in [3.8, 4) is 0 Å². The fourth-order valence-corrected chi connectivity index (χ4v) is 1.65. The van der Waals surface area contributed by atoms with Gasteiger partial charge in [0.05, 0.1) is 19.3 Å². The average molecular weight is 251 g/mol. The van der Waals surface area contributed by atoms with Gasteiger partial charge in [-0.3, -0.25) is 0 Å². The Labute approximate surface area is 110 Å². The van der Waals surface area contributed by atoms with E-state index in [1.165, 1.54) is 11.1 Å². The number of hydrogen-bond acceptors (Lipinski definition) is 3. The second-order valence-corrected chi connectivity index (χ2v) is 4.66. The van der Waals surface area contributed by atoms with Gasteiger partial charge in [0.15, 0.2) is 0 Å². The molecule has 0 bridgehead atoms. The third-order valence-corrected chi connectivity index (χ3v) is 2.99. The van der Waals surface area contributed by atoms with E-state index in [-0.39, 0.29) is 6.10 Å². The van der Waals surface area contributed by atoms with Crippen molar-refractivity contribution >= 4 is 0 Å². The predicted molar refractivity (Wildman–Crippen MR) is 74.7 cm³/mol. The highest BCUT2D eigenvalue weighted by Crippen LogP contribution is 2.15. The van der Waals surface area contributed by atoms with Crippen LogP contribution < -0.4 is 5.73 Å². The molecule has 0 saturated heterocycles. The molecule has 0 spiro atoms. The van der Waals surface area contributed by atoms with Gasteiger partial charge >= 0.3 is 0 Å². The Kier molecular flexibility index (Phi) is 6.94. The van der Waals surface area contributed by atoms with E-state index in [0.29, 0.717) is 25.7 Å². The second-order valence-electron chi connectivity index (χ2n) is 4.66. The summed E-state index contributed by atoms with van der Waals surface area (Å²) < 4.78 is 11.0. The van der Waals surface area contributed by atoms with Crippen LogP contribution in [0.2, 0.25) is 0 Å². The van der Waals surface area contributed by atoms with Crippen molar-refractivity contribution in [1.82, 2.24) is 0 Å². The zero-order valence-corrected chi connectivity index (χ0v) is 11.7. The van der Waals surface area contributed by atoms with Crippen LogP contribution in [0, 0.1) is 0 Å². The lowest BCUT2D eigenvalue weighted by Gasteiger charge is -2.14. The second kappa shape index (κ2) is 8.25. The molecule has 0 fully saturated rings. The smallest absolute Gasteiger partial charge is 0.0785 e. The van der Waals surface area contributed by atoms with Crippen LogP contribution in [0.4, 0.5) is 0 Å². The Bertz CT molecular complexity index is 324. The highest BCUT2D eigenvalue weighted by molar-refractivity contribution is 5.24. The molecule has 2 unspecified atom stereocenters. The molecule has 3 nitrogen and oxygen atoms in total. The molecule has 0 aliphatic carbocycles. The van der Waals surface area contributed by atoms with Gasteiger partial charge in [-0.1, -0.05) is 31.2 Å². The molecular formula is C15H25NO2. The molecular weight excluding hydrogens is 226 g/mol. The maximum Gasteiger partial charge on any atom is 0.0785 e. The van der Waals surface area contributed by atoms with E-state index >= 15 is 0 Å². The molecule has 2 N–H and O–H groups in total. The zero-order valence-electron chi connectivity index (χ0n) is 11.7. The lowest BCUT2D eigenvalue weighted by Crippen LogP contribution is -2.15. The monoisotopic (exact) mass is 251 g/mol. The van der Waals surface area contributed by atoms with Gasteiger partial charge in [0.1, 0.15) is 0 Å². The van der Waals surface area contributed by atoms with Crippen LogP contribution in [-0.2, 0) is 16.1 Å². The fourth-order valence-electron chi connectivity index (χ4n) is 1.65. The van der Waals surface area contributed by atoms with Gasteiger partial charge in [-0.05, 0) is 37.4 Å². The highest BCUT2D eigenvalue weighted by Gasteiger charge is 2.05. The Morgan fingerprint density at radius 3 is 2.39 bits per heavy atom. The third-order valence-electron chi connectivity index (χ3n) is 2.99. The normalized spacial score (nSPS) is 14.4. The Morgan fingerprint density at radius 1 is 1.17 bits per heavy atom. The van der Waals surface area contributed by atoms with Crippen molar-refractivity contribution in [2.24, 2.45) is 5.73 Å². The van der Waals surface area contributed by atoms with Gasteiger partial charge in [0.25, 0.3) is 0 Å². The van der Waals surface area contributed by atoms with Crippen molar-refractivity contribution in [3.05, 3.63) is 35.4 Å². The van der Waals surface area contributed by atoms with Crippen LogP contribution in [0.15, 0.2) is 24.3 Å². The van der Waals surface area contributed by atoms with Gasteiger partial charge in [-0.2, -0.15) is 0 Å². The molecule has 0 aromatic heterocycles. The standard InChI is InChI=1S/C15H25NO2/c1-4-17-10-13(3)18-11-14-5-7-15(8-6-14)12(2)9-16/h5-8,12-13H,4,9-11,16H2,1-3H3. The average Bonchev–Trinajstić information content (AvgIpc) is 2.42. The Morgan fingerprint density at radius 2 is 1.83 bits per heavy atom. The van der Waals surface area contributed by atoms with Gasteiger partial charge in [-0.15, -0.1) is 0 Å². The maximum absolute atomic E-state index is 5.71. The minimum Gasteiger partial charge on any atom is -0.379 e. The molecule has 3 heteroatoms. The van der Waals surface area contributed by atoms with Crippen LogP contribution in [-0.4, -0.2) is 25.9 Å². The molecule has 0 radical (unpaired) electrons. The number of benzene rings is 1. The predicted octanol–water partition coefficient (Wildman–Crippen LogP) is 2.69. The van der Waals surface area contributed by atoms with Crippen LogP contribution >= 0.6 is 0 Å². The van der Waals surface area contributed by atoms with E-state index in [0.717, 1.165) is 6.61 Å². The van der Waals surface area contributed by atoms with Gasteiger partial charge in [-0.25, -0.2) is 0 Å². The van der Waals surface area contributed by atoms with Crippen molar-refractivity contribution in [2.45, 2.75) is 39.4 Å². The van der Waals surface area contributed by atoms with Crippen LogP contribution in [0.1, 0.15) is 37.8 Å². The van der Waals surface area contributed by atoms with Crippen molar-refractivity contribution in [2.75, 3.05) is 19.8 Å². The molecule has 102 valence electrons. The Balaban J connectivity index is 2.39. The summed E-state index contributed by atoms with van der Waals surface area (Å²) in [5.41, 5.74) is 8.12. The zero-order chi connectivity index (χ0) is 13.4. The lowest BCUT2D eigenvalue weighted by atomic mass is 10.0. The van der Waals surface area contributed by atoms with E-state index in [2.05, 4.69) is 31.2 Å². The van der Waals surface area contributed by atoms with E-state index in [4.69, 9.17) is 15.2 Å². The van der Waals surface area contributed by atoms with Gasteiger partial charge in [0, 0.05) is 6.61 Å². The number of rotatable bonds is 8. The van der Waals surface area contributed by atoms with Crippen molar-refractivity contribution in [3.63, 3.8) is 0 Å². The molecule has 1 aromatic rings. The summed E-state index contributed by atoms with van der Waals surface area (Å²) in [6.45, 7) is 8.85. The van der Waals surface area contributed by atoms with Gasteiger partial charge in [0.2, 0.25) is 0 Å². The summed E-state index contributed by atoms with van der Waals surface area (Å²) in [4.78, 5) is 0. The first-order valence-corrected chi connectivity index (χ1v) is 6.65. The largest absolute Gasteiger partial charge is 0.379 e. The molecule has 1 rings (SSSR count). The first-order chi connectivity index (χ1) is 8.67. The minimum atomic E-state index is 0.132. The van der Waals surface area contributed by atoms with Crippen LogP contribution in [0.5, 0.6) is 0 Å². The van der Waals surface area contributed by atoms with Gasteiger partial charge < -0.3 is 15.2 Å². The van der Waals surface area contributed by atoms with Crippen LogP contribution in [0.25, 0.3) is 0 Å². The van der Waals surface area contributed by atoms with E-state index in [1.807, 2.05) is 13.8 Å². The van der Waals surface area contributed by atoms with Crippen LogP contribution in [0.3, 0.4) is 0 Å².